The van der Waals surface area contributed by atoms with Crippen LogP contribution in [0.2, 0.25) is 0 Å². The third-order valence-electron chi connectivity index (χ3n) is 3.84. The molecular formula is C20H20N2O. The molecule has 0 aliphatic carbocycles. The van der Waals surface area contributed by atoms with E-state index in [0.29, 0.717) is 0 Å². The highest BCUT2D eigenvalue weighted by Crippen LogP contribution is 2.14. The van der Waals surface area contributed by atoms with Crippen molar-refractivity contribution in [1.82, 2.24) is 10.3 Å². The van der Waals surface area contributed by atoms with E-state index >= 15 is 0 Å². The number of hydrogen-bond donors (Lipinski definition) is 1. The van der Waals surface area contributed by atoms with E-state index in [0.717, 1.165) is 29.4 Å². The number of para-hydroxylation sites is 1. The molecule has 1 N–H and O–H groups in total. The van der Waals surface area contributed by atoms with Gasteiger partial charge in [-0.2, -0.15) is 0 Å². The standard InChI is InChI=1S/C20H20N2O/c1-15(23)21-19(13-16-7-3-2-4-8-16)14-18-12-11-17-9-5-6-10-20(17)22-18/h2-12,19H,13-14H2,1H3,(H,21,23). The largest absolute Gasteiger partial charge is 0.353 e. The van der Waals surface area contributed by atoms with Gasteiger partial charge in [0.05, 0.1) is 5.52 Å². The first kappa shape index (κ1) is 15.2. The average molecular weight is 304 g/mol. The summed E-state index contributed by atoms with van der Waals surface area (Å²) < 4.78 is 0. The van der Waals surface area contributed by atoms with Gasteiger partial charge in [-0.25, -0.2) is 0 Å². The minimum absolute atomic E-state index is 0.00767. The van der Waals surface area contributed by atoms with E-state index in [1.165, 1.54) is 5.56 Å². The van der Waals surface area contributed by atoms with Crippen LogP contribution in [0.5, 0.6) is 0 Å². The fourth-order valence-corrected chi connectivity index (χ4v) is 2.83. The van der Waals surface area contributed by atoms with E-state index < -0.39 is 0 Å². The van der Waals surface area contributed by atoms with Crippen LogP contribution in [-0.4, -0.2) is 16.9 Å². The van der Waals surface area contributed by atoms with Crippen LogP contribution in [0.3, 0.4) is 0 Å². The molecule has 2 aromatic carbocycles. The normalized spacial score (nSPS) is 12.0. The minimum Gasteiger partial charge on any atom is -0.353 e. The molecule has 3 aromatic rings. The molecule has 0 saturated carbocycles. The lowest BCUT2D eigenvalue weighted by atomic mass is 10.0. The van der Waals surface area contributed by atoms with Crippen molar-refractivity contribution in [2.75, 3.05) is 0 Å². The molecule has 3 heteroatoms. The molecule has 23 heavy (non-hydrogen) atoms. The highest BCUT2D eigenvalue weighted by atomic mass is 16.1. The summed E-state index contributed by atoms with van der Waals surface area (Å²) in [4.78, 5) is 16.2. The Bertz CT molecular complexity index is 799. The minimum atomic E-state index is -0.00767. The summed E-state index contributed by atoms with van der Waals surface area (Å²) in [6.45, 7) is 1.56. The fraction of sp³-hybridized carbons (Fsp3) is 0.200. The van der Waals surface area contributed by atoms with Crippen molar-refractivity contribution >= 4 is 16.8 Å². The lowest BCUT2D eigenvalue weighted by Gasteiger charge is -2.18. The molecule has 1 amide bonds. The molecule has 1 unspecified atom stereocenters. The SMILES string of the molecule is CC(=O)NC(Cc1ccccc1)Cc1ccc2ccccc2n1. The van der Waals surface area contributed by atoms with Gasteiger partial charge in [-0.05, 0) is 24.1 Å². The van der Waals surface area contributed by atoms with Crippen molar-refractivity contribution < 1.29 is 4.79 Å². The lowest BCUT2D eigenvalue weighted by Crippen LogP contribution is -2.36. The first-order valence-electron chi connectivity index (χ1n) is 7.86. The molecule has 0 fully saturated rings. The van der Waals surface area contributed by atoms with Crippen molar-refractivity contribution in [2.45, 2.75) is 25.8 Å². The number of pyridine rings is 1. The van der Waals surface area contributed by atoms with Gasteiger partial charge in [0.15, 0.2) is 0 Å². The Kier molecular flexibility index (Phi) is 4.67. The second-order valence-corrected chi connectivity index (χ2v) is 5.79. The topological polar surface area (TPSA) is 42.0 Å². The molecule has 1 atom stereocenters. The molecule has 3 nitrogen and oxygen atoms in total. The van der Waals surface area contributed by atoms with Gasteiger partial charge in [0.2, 0.25) is 5.91 Å². The quantitative estimate of drug-likeness (QED) is 0.783. The number of nitrogens with one attached hydrogen (secondary N) is 1. The van der Waals surface area contributed by atoms with Crippen LogP contribution >= 0.6 is 0 Å². The Balaban J connectivity index is 1.80. The molecule has 1 aromatic heterocycles. The van der Waals surface area contributed by atoms with Crippen molar-refractivity contribution in [1.29, 1.82) is 0 Å². The summed E-state index contributed by atoms with van der Waals surface area (Å²) in [5.74, 6) is -0.00767. The summed E-state index contributed by atoms with van der Waals surface area (Å²) in [5.41, 5.74) is 3.21. The maximum atomic E-state index is 11.5. The van der Waals surface area contributed by atoms with E-state index in [-0.39, 0.29) is 11.9 Å². The number of carbonyl (C=O) groups excluding carboxylic acids is 1. The summed E-state index contributed by atoms with van der Waals surface area (Å²) in [7, 11) is 0. The maximum absolute atomic E-state index is 11.5. The first-order valence-corrected chi connectivity index (χ1v) is 7.86. The average Bonchev–Trinajstić information content (AvgIpc) is 2.55. The van der Waals surface area contributed by atoms with Crippen molar-refractivity contribution in [2.24, 2.45) is 0 Å². The Morgan fingerprint density at radius 3 is 2.48 bits per heavy atom. The third kappa shape index (κ3) is 4.16. The molecular weight excluding hydrogens is 284 g/mol. The Morgan fingerprint density at radius 1 is 0.957 bits per heavy atom. The first-order chi connectivity index (χ1) is 11.2. The van der Waals surface area contributed by atoms with Gasteiger partial charge in [0.1, 0.15) is 0 Å². The van der Waals surface area contributed by atoms with E-state index in [4.69, 9.17) is 4.98 Å². The molecule has 0 radical (unpaired) electrons. The van der Waals surface area contributed by atoms with E-state index in [2.05, 4.69) is 29.6 Å². The van der Waals surface area contributed by atoms with E-state index in [1.807, 2.05) is 42.5 Å². The van der Waals surface area contributed by atoms with Crippen LogP contribution in [0.15, 0.2) is 66.7 Å². The molecule has 0 saturated heterocycles. The number of aromatic nitrogens is 1. The lowest BCUT2D eigenvalue weighted by molar-refractivity contribution is -0.119. The Morgan fingerprint density at radius 2 is 1.70 bits per heavy atom. The number of hydrogen-bond acceptors (Lipinski definition) is 2. The van der Waals surface area contributed by atoms with Crippen molar-refractivity contribution in [3.8, 4) is 0 Å². The van der Waals surface area contributed by atoms with Crippen LogP contribution in [0.25, 0.3) is 10.9 Å². The van der Waals surface area contributed by atoms with Crippen molar-refractivity contribution in [3.05, 3.63) is 78.0 Å². The highest BCUT2D eigenvalue weighted by Gasteiger charge is 2.13. The summed E-state index contributed by atoms with van der Waals surface area (Å²) in [6, 6.07) is 22.5. The summed E-state index contributed by atoms with van der Waals surface area (Å²) >= 11 is 0. The molecule has 3 rings (SSSR count). The van der Waals surface area contributed by atoms with Gasteiger partial charge in [0.25, 0.3) is 0 Å². The van der Waals surface area contributed by atoms with E-state index in [9.17, 15) is 4.79 Å². The molecule has 0 bridgehead atoms. The number of amides is 1. The predicted molar refractivity (Wildman–Crippen MR) is 93.2 cm³/mol. The number of nitrogens with zero attached hydrogens (tertiary/aromatic N) is 1. The number of fused-ring (bicyclic) bond motifs is 1. The molecule has 116 valence electrons. The second kappa shape index (κ2) is 7.05. The van der Waals surface area contributed by atoms with Gasteiger partial charge in [-0.3, -0.25) is 9.78 Å². The summed E-state index contributed by atoms with van der Waals surface area (Å²) in [5, 5.41) is 4.18. The van der Waals surface area contributed by atoms with E-state index in [1.54, 1.807) is 6.92 Å². The number of carbonyl (C=O) groups is 1. The Hall–Kier alpha value is -2.68. The van der Waals surface area contributed by atoms with Gasteiger partial charge in [-0.15, -0.1) is 0 Å². The zero-order chi connectivity index (χ0) is 16.1. The Labute approximate surface area is 136 Å². The monoisotopic (exact) mass is 304 g/mol. The van der Waals surface area contributed by atoms with Gasteiger partial charge >= 0.3 is 0 Å². The zero-order valence-electron chi connectivity index (χ0n) is 13.2. The molecule has 1 heterocycles. The van der Waals surface area contributed by atoms with Crippen LogP contribution in [-0.2, 0) is 17.6 Å². The van der Waals surface area contributed by atoms with Crippen LogP contribution < -0.4 is 5.32 Å². The van der Waals surface area contributed by atoms with Gasteiger partial charge in [-0.1, -0.05) is 54.6 Å². The fourth-order valence-electron chi connectivity index (χ4n) is 2.83. The summed E-state index contributed by atoms with van der Waals surface area (Å²) in [6.07, 6.45) is 1.52. The molecule has 0 aliphatic rings. The molecule has 0 spiro atoms. The number of rotatable bonds is 5. The van der Waals surface area contributed by atoms with Gasteiger partial charge in [0, 0.05) is 30.5 Å². The second-order valence-electron chi connectivity index (χ2n) is 5.79. The predicted octanol–water partition coefficient (Wildman–Crippen LogP) is 3.52. The van der Waals surface area contributed by atoms with Crippen LogP contribution in [0.1, 0.15) is 18.2 Å². The van der Waals surface area contributed by atoms with Crippen molar-refractivity contribution in [3.63, 3.8) is 0 Å². The van der Waals surface area contributed by atoms with Gasteiger partial charge < -0.3 is 5.32 Å². The highest BCUT2D eigenvalue weighted by molar-refractivity contribution is 5.78. The smallest absolute Gasteiger partial charge is 0.217 e. The third-order valence-corrected chi connectivity index (χ3v) is 3.84. The van der Waals surface area contributed by atoms with Crippen LogP contribution in [0.4, 0.5) is 0 Å². The number of benzene rings is 2. The molecule has 0 aliphatic heterocycles. The zero-order valence-corrected chi connectivity index (χ0v) is 13.2. The maximum Gasteiger partial charge on any atom is 0.217 e. The van der Waals surface area contributed by atoms with Crippen LogP contribution in [0, 0.1) is 0 Å².